The zero-order chi connectivity index (χ0) is 14.5. The van der Waals surface area contributed by atoms with Crippen LogP contribution in [-0.2, 0) is 14.7 Å². The molecule has 2 aromatic rings. The monoisotopic (exact) mass is 293 g/mol. The quantitative estimate of drug-likeness (QED) is 0.659. The lowest BCUT2D eigenvalue weighted by molar-refractivity contribution is -0.0217. The van der Waals surface area contributed by atoms with E-state index in [0.717, 1.165) is 0 Å². The summed E-state index contributed by atoms with van der Waals surface area (Å²) >= 11 is 0. The van der Waals surface area contributed by atoms with Gasteiger partial charge in [-0.1, -0.05) is 24.3 Å². The second kappa shape index (κ2) is 4.10. The third-order valence-corrected chi connectivity index (χ3v) is 3.24. The number of benzene rings is 2. The maximum absolute atomic E-state index is 12.1. The highest BCUT2D eigenvalue weighted by atomic mass is 32.3. The van der Waals surface area contributed by atoms with Gasteiger partial charge in [-0.15, -0.1) is 9.35 Å². The Morgan fingerprint density at radius 2 is 1.45 bits per heavy atom. The highest BCUT2D eigenvalue weighted by Gasteiger charge is 2.36. The Balaban J connectivity index is 2.26. The van der Waals surface area contributed by atoms with Gasteiger partial charge < -0.3 is 0 Å². The second-order valence-electron chi connectivity index (χ2n) is 4.12. The molecule has 0 unspecified atom stereocenters. The van der Waals surface area contributed by atoms with Crippen molar-refractivity contribution in [3.05, 3.63) is 47.5 Å². The maximum atomic E-state index is 12.1. The van der Waals surface area contributed by atoms with Crippen molar-refractivity contribution in [2.24, 2.45) is 0 Å². The molecule has 2 aromatic carbocycles. The molecule has 0 spiro atoms. The van der Waals surface area contributed by atoms with Gasteiger partial charge in [-0.3, -0.25) is 14.1 Å². The minimum Gasteiger partial charge on any atom is -0.266 e. The Morgan fingerprint density at radius 1 is 0.950 bits per heavy atom. The van der Waals surface area contributed by atoms with Crippen molar-refractivity contribution in [1.29, 1.82) is 0 Å². The summed E-state index contributed by atoms with van der Waals surface area (Å²) in [5.41, 5.74) is 0.253. The molecule has 102 valence electrons. The van der Waals surface area contributed by atoms with Gasteiger partial charge in [0.15, 0.2) is 0 Å². The van der Waals surface area contributed by atoms with E-state index in [-0.39, 0.29) is 16.2 Å². The van der Waals surface area contributed by atoms with Crippen LogP contribution in [0.2, 0.25) is 0 Å². The number of carbonyl (C=O) groups excluding carboxylic acids is 2. The van der Waals surface area contributed by atoms with Gasteiger partial charge in [0, 0.05) is 5.39 Å². The van der Waals surface area contributed by atoms with Crippen molar-refractivity contribution in [1.82, 2.24) is 5.06 Å². The Kier molecular flexibility index (Phi) is 2.61. The van der Waals surface area contributed by atoms with Crippen LogP contribution in [0.3, 0.4) is 0 Å². The average molecular weight is 293 g/mol. The van der Waals surface area contributed by atoms with E-state index >= 15 is 0 Å². The molecule has 0 aromatic heterocycles. The molecule has 20 heavy (non-hydrogen) atoms. The van der Waals surface area contributed by atoms with Crippen LogP contribution in [0.15, 0.2) is 36.4 Å². The molecule has 1 heterocycles. The summed E-state index contributed by atoms with van der Waals surface area (Å²) < 4.78 is 34.2. The summed E-state index contributed by atoms with van der Waals surface area (Å²) in [5, 5.41) is 1.14. The first-order valence-corrected chi connectivity index (χ1v) is 6.82. The molecule has 0 radical (unpaired) electrons. The number of amides is 2. The first-order chi connectivity index (χ1) is 9.38. The fourth-order valence-corrected chi connectivity index (χ4v) is 2.49. The molecule has 7 nitrogen and oxygen atoms in total. The zero-order valence-corrected chi connectivity index (χ0v) is 10.6. The molecule has 1 N–H and O–H groups in total. The minimum atomic E-state index is -4.98. The number of imide groups is 1. The van der Waals surface area contributed by atoms with Gasteiger partial charge in [0.25, 0.3) is 11.8 Å². The van der Waals surface area contributed by atoms with Crippen LogP contribution in [-0.4, -0.2) is 29.8 Å². The van der Waals surface area contributed by atoms with Crippen LogP contribution in [0.4, 0.5) is 0 Å². The van der Waals surface area contributed by atoms with Crippen LogP contribution in [0.1, 0.15) is 20.7 Å². The average Bonchev–Trinajstić information content (AvgIpc) is 2.39. The topological polar surface area (TPSA) is 101 Å². The van der Waals surface area contributed by atoms with E-state index in [1.165, 1.54) is 12.1 Å². The number of nitrogens with zero attached hydrogens (tertiary/aromatic N) is 1. The highest BCUT2D eigenvalue weighted by Crippen LogP contribution is 2.30. The molecule has 0 saturated carbocycles. The molecule has 3 rings (SSSR count). The van der Waals surface area contributed by atoms with Crippen LogP contribution in [0.25, 0.3) is 10.8 Å². The molecule has 0 bridgehead atoms. The van der Waals surface area contributed by atoms with E-state index < -0.39 is 22.2 Å². The van der Waals surface area contributed by atoms with E-state index in [2.05, 4.69) is 4.28 Å². The predicted molar refractivity (Wildman–Crippen MR) is 67.1 cm³/mol. The summed E-state index contributed by atoms with van der Waals surface area (Å²) in [6.45, 7) is 0. The van der Waals surface area contributed by atoms with Crippen LogP contribution in [0.5, 0.6) is 0 Å². The SMILES string of the molecule is O=C1c2cccc3cccc(c23)C(=O)N1OS(=O)(=O)O. The molecule has 0 atom stereocenters. The third-order valence-electron chi connectivity index (χ3n) is 2.90. The molecule has 0 aliphatic carbocycles. The molecule has 0 fully saturated rings. The van der Waals surface area contributed by atoms with E-state index in [1.54, 1.807) is 24.3 Å². The number of rotatable bonds is 2. The van der Waals surface area contributed by atoms with Crippen molar-refractivity contribution in [3.63, 3.8) is 0 Å². The van der Waals surface area contributed by atoms with E-state index in [1.807, 2.05) is 0 Å². The van der Waals surface area contributed by atoms with Crippen molar-refractivity contribution < 1.29 is 26.8 Å². The number of hydrogen-bond donors (Lipinski definition) is 1. The van der Waals surface area contributed by atoms with Gasteiger partial charge in [-0.05, 0) is 17.5 Å². The Morgan fingerprint density at radius 3 is 1.90 bits per heavy atom. The van der Waals surface area contributed by atoms with Gasteiger partial charge >= 0.3 is 10.4 Å². The Hall–Kier alpha value is -2.29. The molecule has 2 amide bonds. The van der Waals surface area contributed by atoms with E-state index in [0.29, 0.717) is 10.8 Å². The summed E-state index contributed by atoms with van der Waals surface area (Å²) in [6, 6.07) is 9.54. The van der Waals surface area contributed by atoms with Crippen molar-refractivity contribution >= 4 is 33.0 Å². The van der Waals surface area contributed by atoms with Gasteiger partial charge in [0.1, 0.15) is 0 Å². The zero-order valence-electron chi connectivity index (χ0n) is 9.81. The molecular formula is C12H7NO6S. The summed E-state index contributed by atoms with van der Waals surface area (Å²) in [6.07, 6.45) is 0. The largest absolute Gasteiger partial charge is 0.419 e. The summed E-state index contributed by atoms with van der Waals surface area (Å²) in [5.74, 6) is -1.89. The van der Waals surface area contributed by atoms with Gasteiger partial charge in [-0.2, -0.15) is 8.42 Å². The lowest BCUT2D eigenvalue weighted by Crippen LogP contribution is -2.41. The molecule has 1 aliphatic heterocycles. The van der Waals surface area contributed by atoms with Crippen LogP contribution < -0.4 is 0 Å². The van der Waals surface area contributed by atoms with Crippen molar-refractivity contribution in [2.75, 3.05) is 0 Å². The third kappa shape index (κ3) is 1.86. The van der Waals surface area contributed by atoms with Gasteiger partial charge in [-0.25, -0.2) is 0 Å². The predicted octanol–water partition coefficient (Wildman–Crippen LogP) is 1.17. The summed E-state index contributed by atoms with van der Waals surface area (Å²) in [4.78, 5) is 24.2. The number of carbonyl (C=O) groups is 2. The van der Waals surface area contributed by atoms with Crippen molar-refractivity contribution in [3.8, 4) is 0 Å². The fourth-order valence-electron chi connectivity index (χ4n) is 2.17. The van der Waals surface area contributed by atoms with Crippen molar-refractivity contribution in [2.45, 2.75) is 0 Å². The minimum absolute atomic E-state index is 0.0342. The maximum Gasteiger partial charge on any atom is 0.419 e. The van der Waals surface area contributed by atoms with Crippen LogP contribution >= 0.6 is 0 Å². The second-order valence-corrected chi connectivity index (χ2v) is 5.12. The number of hydroxylamine groups is 2. The fraction of sp³-hybridized carbons (Fsp3) is 0. The first kappa shape index (κ1) is 12.7. The molecule has 8 heteroatoms. The van der Waals surface area contributed by atoms with Crippen LogP contribution in [0, 0.1) is 0 Å². The Labute approximate surface area is 113 Å². The summed E-state index contributed by atoms with van der Waals surface area (Å²) in [7, 11) is -4.98. The Bertz CT molecular complexity index is 807. The first-order valence-electron chi connectivity index (χ1n) is 5.46. The molecule has 1 aliphatic rings. The molecular weight excluding hydrogens is 286 g/mol. The number of hydrogen-bond acceptors (Lipinski definition) is 5. The molecule has 0 saturated heterocycles. The highest BCUT2D eigenvalue weighted by molar-refractivity contribution is 7.80. The van der Waals surface area contributed by atoms with Gasteiger partial charge in [0.05, 0.1) is 11.1 Å². The lowest BCUT2D eigenvalue weighted by atomic mass is 9.95. The van der Waals surface area contributed by atoms with Gasteiger partial charge in [0.2, 0.25) is 0 Å². The van der Waals surface area contributed by atoms with E-state index in [9.17, 15) is 18.0 Å². The van der Waals surface area contributed by atoms with E-state index in [4.69, 9.17) is 4.55 Å². The lowest BCUT2D eigenvalue weighted by Gasteiger charge is -2.24. The smallest absolute Gasteiger partial charge is 0.266 e. The normalized spacial score (nSPS) is 14.9. The standard InChI is InChI=1S/C12H7NO6S/c14-11-8-5-1-3-7-4-2-6-9(10(7)8)12(15)13(11)19-20(16,17)18/h1-6H,(H,16,17,18).